The molecule has 0 spiro atoms. The highest BCUT2D eigenvalue weighted by molar-refractivity contribution is 5.90. The fourth-order valence-electron chi connectivity index (χ4n) is 3.62. The SMILES string of the molecule is C/C(=C\n1c2c(c3ccc(F)cc31)CN(C)CC2)c1ccc(C)nc1. The topological polar surface area (TPSA) is 21.1 Å². The van der Waals surface area contributed by atoms with Crippen molar-refractivity contribution in [2.24, 2.45) is 0 Å². The van der Waals surface area contributed by atoms with E-state index in [1.165, 1.54) is 11.3 Å². The normalized spacial score (nSPS) is 15.6. The molecule has 0 atom stereocenters. The van der Waals surface area contributed by atoms with Crippen molar-refractivity contribution >= 4 is 22.7 Å². The van der Waals surface area contributed by atoms with Gasteiger partial charge in [-0.15, -0.1) is 0 Å². The molecule has 128 valence electrons. The summed E-state index contributed by atoms with van der Waals surface area (Å²) in [6.07, 6.45) is 4.99. The van der Waals surface area contributed by atoms with Crippen LogP contribution in [0.2, 0.25) is 0 Å². The molecule has 0 saturated carbocycles. The first-order chi connectivity index (χ1) is 12.0. The molecule has 0 saturated heterocycles. The Morgan fingerprint density at radius 2 is 2.08 bits per heavy atom. The number of aromatic nitrogens is 2. The van der Waals surface area contributed by atoms with Crippen molar-refractivity contribution in [3.05, 3.63) is 64.9 Å². The fourth-order valence-corrected chi connectivity index (χ4v) is 3.62. The molecule has 0 radical (unpaired) electrons. The van der Waals surface area contributed by atoms with Crippen molar-refractivity contribution < 1.29 is 4.39 Å². The predicted octanol–water partition coefficient (Wildman–Crippen LogP) is 4.49. The number of rotatable bonds is 2. The molecule has 0 unspecified atom stereocenters. The van der Waals surface area contributed by atoms with Gasteiger partial charge in [0.2, 0.25) is 0 Å². The number of pyridine rings is 1. The first-order valence-corrected chi connectivity index (χ1v) is 8.64. The van der Waals surface area contributed by atoms with E-state index in [9.17, 15) is 4.39 Å². The maximum atomic E-state index is 13.9. The van der Waals surface area contributed by atoms with Crippen LogP contribution in [0.5, 0.6) is 0 Å². The van der Waals surface area contributed by atoms with Crippen molar-refractivity contribution in [1.82, 2.24) is 14.5 Å². The second-order valence-electron chi connectivity index (χ2n) is 6.94. The number of allylic oxidation sites excluding steroid dienone is 1. The Labute approximate surface area is 147 Å². The van der Waals surface area contributed by atoms with E-state index in [2.05, 4.69) is 40.7 Å². The Morgan fingerprint density at radius 3 is 2.84 bits per heavy atom. The van der Waals surface area contributed by atoms with Gasteiger partial charge in [-0.2, -0.15) is 0 Å². The van der Waals surface area contributed by atoms with E-state index in [1.807, 2.05) is 25.3 Å². The highest BCUT2D eigenvalue weighted by Gasteiger charge is 2.22. The van der Waals surface area contributed by atoms with Crippen molar-refractivity contribution in [2.45, 2.75) is 26.8 Å². The summed E-state index contributed by atoms with van der Waals surface area (Å²) in [6.45, 7) is 5.99. The Bertz CT molecular complexity index is 967. The van der Waals surface area contributed by atoms with Crippen LogP contribution >= 0.6 is 0 Å². The number of hydrogen-bond acceptors (Lipinski definition) is 2. The Hall–Kier alpha value is -2.46. The summed E-state index contributed by atoms with van der Waals surface area (Å²) in [5.74, 6) is -0.194. The minimum Gasteiger partial charge on any atom is -0.320 e. The van der Waals surface area contributed by atoms with Crippen molar-refractivity contribution in [2.75, 3.05) is 13.6 Å². The number of hydrogen-bond donors (Lipinski definition) is 0. The van der Waals surface area contributed by atoms with E-state index >= 15 is 0 Å². The molecule has 4 rings (SSSR count). The number of nitrogens with zero attached hydrogens (tertiary/aromatic N) is 3. The smallest absolute Gasteiger partial charge is 0.125 e. The summed E-state index contributed by atoms with van der Waals surface area (Å²) in [5, 5.41) is 1.15. The Kier molecular flexibility index (Phi) is 3.92. The molecule has 1 aliphatic rings. The first-order valence-electron chi connectivity index (χ1n) is 8.64. The summed E-state index contributed by atoms with van der Waals surface area (Å²) in [5.41, 5.74) is 6.76. The van der Waals surface area contributed by atoms with Gasteiger partial charge in [0, 0.05) is 48.7 Å². The van der Waals surface area contributed by atoms with Crippen LogP contribution in [0.4, 0.5) is 4.39 Å². The van der Waals surface area contributed by atoms with E-state index in [4.69, 9.17) is 0 Å². The van der Waals surface area contributed by atoms with E-state index < -0.39 is 0 Å². The summed E-state index contributed by atoms with van der Waals surface area (Å²) in [4.78, 5) is 6.70. The van der Waals surface area contributed by atoms with Crippen LogP contribution in [0.3, 0.4) is 0 Å². The molecule has 3 heterocycles. The van der Waals surface area contributed by atoms with Gasteiger partial charge in [0.15, 0.2) is 0 Å². The molecule has 0 fully saturated rings. The Morgan fingerprint density at radius 1 is 1.24 bits per heavy atom. The van der Waals surface area contributed by atoms with E-state index in [-0.39, 0.29) is 5.82 Å². The third-order valence-corrected chi connectivity index (χ3v) is 5.03. The molecule has 2 aromatic heterocycles. The molecule has 25 heavy (non-hydrogen) atoms. The second-order valence-corrected chi connectivity index (χ2v) is 6.94. The van der Waals surface area contributed by atoms with Gasteiger partial charge in [-0.05, 0) is 61.9 Å². The quantitative estimate of drug-likeness (QED) is 0.688. The lowest BCUT2D eigenvalue weighted by atomic mass is 10.1. The molecule has 1 aromatic carbocycles. The predicted molar refractivity (Wildman–Crippen MR) is 101 cm³/mol. The van der Waals surface area contributed by atoms with Crippen LogP contribution in [0.1, 0.15) is 29.4 Å². The van der Waals surface area contributed by atoms with Crippen LogP contribution in [-0.2, 0) is 13.0 Å². The van der Waals surface area contributed by atoms with Crippen LogP contribution in [-0.4, -0.2) is 28.0 Å². The minimum atomic E-state index is -0.194. The standard InChI is InChI=1S/C21H22FN3/c1-14(16-5-4-15(2)23-11-16)12-25-20-8-9-24(3)13-19(20)18-7-6-17(22)10-21(18)25/h4-7,10-12H,8-9,13H2,1-3H3/b14-12+. The largest absolute Gasteiger partial charge is 0.320 e. The number of halogens is 1. The van der Waals surface area contributed by atoms with Crippen LogP contribution < -0.4 is 0 Å². The molecule has 1 aliphatic heterocycles. The number of likely N-dealkylation sites (N-methyl/N-ethyl adjacent to an activating group) is 1. The molecule has 0 aliphatic carbocycles. The summed E-state index contributed by atoms with van der Waals surface area (Å²) < 4.78 is 16.1. The third-order valence-electron chi connectivity index (χ3n) is 5.03. The number of aryl methyl sites for hydroxylation is 1. The van der Waals surface area contributed by atoms with Crippen LogP contribution in [0, 0.1) is 12.7 Å². The monoisotopic (exact) mass is 335 g/mol. The summed E-state index contributed by atoms with van der Waals surface area (Å²) in [7, 11) is 2.13. The Balaban J connectivity index is 1.90. The maximum Gasteiger partial charge on any atom is 0.125 e. The van der Waals surface area contributed by atoms with Crippen LogP contribution in [0.15, 0.2) is 36.5 Å². The maximum absolute atomic E-state index is 13.9. The fraction of sp³-hybridized carbons (Fsp3) is 0.286. The van der Waals surface area contributed by atoms with Gasteiger partial charge in [-0.25, -0.2) is 4.39 Å². The van der Waals surface area contributed by atoms with Crippen LogP contribution in [0.25, 0.3) is 22.7 Å². The molecular weight excluding hydrogens is 313 g/mol. The molecule has 3 nitrogen and oxygen atoms in total. The van der Waals surface area contributed by atoms with Gasteiger partial charge < -0.3 is 9.47 Å². The van der Waals surface area contributed by atoms with Gasteiger partial charge >= 0.3 is 0 Å². The molecule has 0 amide bonds. The summed E-state index contributed by atoms with van der Waals surface area (Å²) >= 11 is 0. The van der Waals surface area contributed by atoms with E-state index in [0.29, 0.717) is 0 Å². The van der Waals surface area contributed by atoms with E-state index in [0.717, 1.165) is 47.2 Å². The van der Waals surface area contributed by atoms with Crippen molar-refractivity contribution in [3.8, 4) is 0 Å². The number of fused-ring (bicyclic) bond motifs is 3. The average molecular weight is 335 g/mol. The minimum absolute atomic E-state index is 0.194. The van der Waals surface area contributed by atoms with Gasteiger partial charge in [0.25, 0.3) is 0 Å². The van der Waals surface area contributed by atoms with Crippen molar-refractivity contribution in [1.29, 1.82) is 0 Å². The number of benzene rings is 1. The van der Waals surface area contributed by atoms with Crippen molar-refractivity contribution in [3.63, 3.8) is 0 Å². The molecular formula is C21H22FN3. The third kappa shape index (κ3) is 2.87. The summed E-state index contributed by atoms with van der Waals surface area (Å²) in [6, 6.07) is 9.22. The van der Waals surface area contributed by atoms with Gasteiger partial charge in [-0.3, -0.25) is 4.98 Å². The van der Waals surface area contributed by atoms with Gasteiger partial charge in [0.1, 0.15) is 5.82 Å². The van der Waals surface area contributed by atoms with Gasteiger partial charge in [0.05, 0.1) is 5.52 Å². The molecule has 0 N–H and O–H groups in total. The second kappa shape index (κ2) is 6.12. The molecule has 0 bridgehead atoms. The zero-order valence-electron chi connectivity index (χ0n) is 14.9. The highest BCUT2D eigenvalue weighted by Crippen LogP contribution is 2.32. The average Bonchev–Trinajstić information content (AvgIpc) is 2.88. The highest BCUT2D eigenvalue weighted by atomic mass is 19.1. The zero-order valence-corrected chi connectivity index (χ0v) is 14.9. The zero-order chi connectivity index (χ0) is 17.6. The van der Waals surface area contributed by atoms with E-state index in [1.54, 1.807) is 12.1 Å². The molecule has 3 aromatic rings. The lowest BCUT2D eigenvalue weighted by molar-refractivity contribution is 0.312. The van der Waals surface area contributed by atoms with Gasteiger partial charge in [-0.1, -0.05) is 6.07 Å². The molecule has 4 heteroatoms. The lowest BCUT2D eigenvalue weighted by Crippen LogP contribution is -2.26. The first kappa shape index (κ1) is 16.0. The lowest BCUT2D eigenvalue weighted by Gasteiger charge is -2.23.